The van der Waals surface area contributed by atoms with E-state index in [4.69, 9.17) is 18.7 Å². The van der Waals surface area contributed by atoms with Gasteiger partial charge in [-0.2, -0.15) is 0 Å². The molecule has 0 aliphatic carbocycles. The molecule has 6 rings (SSSR count). The lowest BCUT2D eigenvalue weighted by Gasteiger charge is -2.15. The van der Waals surface area contributed by atoms with E-state index in [0.29, 0.717) is 35.2 Å². The van der Waals surface area contributed by atoms with Gasteiger partial charge in [0.2, 0.25) is 0 Å². The highest BCUT2D eigenvalue weighted by Gasteiger charge is 2.22. The molecular weight excluding hydrogens is 454 g/mol. The van der Waals surface area contributed by atoms with Gasteiger partial charge in [-0.05, 0) is 42.7 Å². The lowest BCUT2D eigenvalue weighted by Crippen LogP contribution is -2.01. The van der Waals surface area contributed by atoms with Crippen LogP contribution in [-0.2, 0) is 13.0 Å². The molecule has 0 saturated carbocycles. The van der Waals surface area contributed by atoms with E-state index in [0.717, 1.165) is 45.0 Å². The minimum atomic E-state index is -0.630. The van der Waals surface area contributed by atoms with E-state index in [1.54, 1.807) is 0 Å². The van der Waals surface area contributed by atoms with Gasteiger partial charge < -0.3 is 9.15 Å². The number of hydrogen-bond acceptors (Lipinski definition) is 6. The van der Waals surface area contributed by atoms with Crippen LogP contribution in [0, 0.1) is 6.92 Å². The Morgan fingerprint density at radius 1 is 1.00 bits per heavy atom. The zero-order valence-corrected chi connectivity index (χ0v) is 19.9. The van der Waals surface area contributed by atoms with Gasteiger partial charge >= 0.3 is 5.76 Å². The topological polar surface area (TPSA) is 94.2 Å². The molecule has 3 aromatic carbocycles. The number of pyridine rings is 1. The Kier molecular flexibility index (Phi) is 5.37. The van der Waals surface area contributed by atoms with E-state index in [1.165, 1.54) is 0 Å². The van der Waals surface area contributed by atoms with Crippen LogP contribution in [0.1, 0.15) is 23.6 Å². The van der Waals surface area contributed by atoms with Crippen LogP contribution in [0.2, 0.25) is 0 Å². The molecule has 0 radical (unpaired) electrons. The van der Waals surface area contributed by atoms with Crippen LogP contribution in [0.3, 0.4) is 0 Å². The van der Waals surface area contributed by atoms with Crippen LogP contribution >= 0.6 is 0 Å². The highest BCUT2D eigenvalue weighted by atomic mass is 16.5. The number of benzene rings is 3. The first-order valence-corrected chi connectivity index (χ1v) is 11.8. The van der Waals surface area contributed by atoms with E-state index in [-0.39, 0.29) is 0 Å². The summed E-state index contributed by atoms with van der Waals surface area (Å²) in [6, 6.07) is 23.7. The van der Waals surface area contributed by atoms with Crippen molar-refractivity contribution in [3.05, 3.63) is 100 Å². The van der Waals surface area contributed by atoms with Crippen molar-refractivity contribution in [1.29, 1.82) is 0 Å². The quantitative estimate of drug-likeness (QED) is 0.297. The van der Waals surface area contributed by atoms with Crippen molar-refractivity contribution in [3.63, 3.8) is 0 Å². The van der Waals surface area contributed by atoms with E-state index in [9.17, 15) is 4.79 Å². The molecule has 178 valence electrons. The first-order chi connectivity index (χ1) is 17.6. The number of rotatable bonds is 6. The van der Waals surface area contributed by atoms with E-state index in [2.05, 4.69) is 17.1 Å². The highest BCUT2D eigenvalue weighted by molar-refractivity contribution is 6.01. The van der Waals surface area contributed by atoms with Crippen molar-refractivity contribution < 1.29 is 13.7 Å². The second-order valence-corrected chi connectivity index (χ2v) is 8.63. The summed E-state index contributed by atoms with van der Waals surface area (Å²) in [5, 5.41) is 5.78. The lowest BCUT2D eigenvalue weighted by molar-refractivity contribution is 0.310. The fourth-order valence-electron chi connectivity index (χ4n) is 4.57. The molecule has 0 bridgehead atoms. The number of aromatic nitrogens is 3. The molecule has 0 aliphatic heterocycles. The second-order valence-electron chi connectivity index (χ2n) is 8.63. The molecule has 0 aliphatic rings. The maximum Gasteiger partial charge on any atom is 0.439 e. The molecule has 0 unspecified atom stereocenters. The van der Waals surface area contributed by atoms with Crippen LogP contribution in [0.15, 0.2) is 86.5 Å². The molecule has 6 aromatic rings. The molecule has 0 spiro atoms. The number of ether oxygens (including phenoxy) is 1. The summed E-state index contributed by atoms with van der Waals surface area (Å²) >= 11 is 0. The molecule has 0 saturated heterocycles. The predicted molar refractivity (Wildman–Crippen MR) is 138 cm³/mol. The third kappa shape index (κ3) is 3.75. The van der Waals surface area contributed by atoms with Gasteiger partial charge in [0.05, 0.1) is 10.9 Å². The maximum absolute atomic E-state index is 11.9. The van der Waals surface area contributed by atoms with Gasteiger partial charge in [-0.25, -0.2) is 9.78 Å². The third-order valence-corrected chi connectivity index (χ3v) is 6.40. The van der Waals surface area contributed by atoms with Gasteiger partial charge in [0.25, 0.3) is 0 Å². The maximum atomic E-state index is 11.9. The van der Waals surface area contributed by atoms with Crippen LogP contribution in [0.5, 0.6) is 5.75 Å². The standard InChI is InChI=1S/C29H23N3O4/c1-3-19-13-14-24(34-16-18-9-5-4-6-10-18)25-21(28-31-29(33)36-32-28)15-22(30-26(19)25)27-17(2)20-11-7-8-12-23(20)35-27/h4-15H,3,16H2,1-2H3,(H,31,32,33). The Hall–Kier alpha value is -4.65. The molecule has 0 fully saturated rings. The molecule has 1 N–H and O–H groups in total. The molecule has 0 amide bonds. The zero-order valence-electron chi connectivity index (χ0n) is 19.9. The van der Waals surface area contributed by atoms with E-state index >= 15 is 0 Å². The van der Waals surface area contributed by atoms with Crippen LogP contribution in [0.25, 0.3) is 44.7 Å². The van der Waals surface area contributed by atoms with Gasteiger partial charge in [0.1, 0.15) is 23.6 Å². The molecule has 0 atom stereocenters. The lowest BCUT2D eigenvalue weighted by atomic mass is 9.99. The smallest absolute Gasteiger partial charge is 0.439 e. The van der Waals surface area contributed by atoms with Crippen LogP contribution < -0.4 is 10.5 Å². The van der Waals surface area contributed by atoms with Gasteiger partial charge in [0.15, 0.2) is 11.6 Å². The van der Waals surface area contributed by atoms with E-state index in [1.807, 2.05) is 79.7 Å². The summed E-state index contributed by atoms with van der Waals surface area (Å²) in [5.41, 5.74) is 5.93. The number of nitrogens with zero attached hydrogens (tertiary/aromatic N) is 2. The first-order valence-electron chi connectivity index (χ1n) is 11.8. The Morgan fingerprint density at radius 3 is 2.56 bits per heavy atom. The molecule has 7 nitrogen and oxygen atoms in total. The Morgan fingerprint density at radius 2 is 1.81 bits per heavy atom. The van der Waals surface area contributed by atoms with Crippen molar-refractivity contribution in [3.8, 4) is 28.6 Å². The second kappa shape index (κ2) is 8.85. The molecule has 7 heteroatoms. The Balaban J connectivity index is 1.60. The summed E-state index contributed by atoms with van der Waals surface area (Å²) < 4.78 is 17.4. The summed E-state index contributed by atoms with van der Waals surface area (Å²) in [6.07, 6.45) is 0.764. The third-order valence-electron chi connectivity index (χ3n) is 6.40. The molecular formula is C29H23N3O4. The zero-order chi connectivity index (χ0) is 24.6. The number of hydrogen-bond donors (Lipinski definition) is 1. The number of aryl methyl sites for hydroxylation is 2. The predicted octanol–water partition coefficient (Wildman–Crippen LogP) is 6.44. The fraction of sp³-hybridized carbons (Fsp3) is 0.138. The number of aromatic amines is 1. The SMILES string of the molecule is CCc1ccc(OCc2ccccc2)c2c(-c3noc(=O)[nH]3)cc(-c3oc4ccccc4c3C)nc12. The number of fused-ring (bicyclic) bond motifs is 2. The Labute approximate surface area is 206 Å². The molecule has 3 aromatic heterocycles. The van der Waals surface area contributed by atoms with Crippen LogP contribution in [-0.4, -0.2) is 15.1 Å². The summed E-state index contributed by atoms with van der Waals surface area (Å²) in [4.78, 5) is 19.6. The van der Waals surface area contributed by atoms with E-state index < -0.39 is 5.76 Å². The summed E-state index contributed by atoms with van der Waals surface area (Å²) in [6.45, 7) is 4.49. The average Bonchev–Trinajstić information content (AvgIpc) is 3.50. The van der Waals surface area contributed by atoms with Crippen molar-refractivity contribution in [1.82, 2.24) is 15.1 Å². The van der Waals surface area contributed by atoms with Gasteiger partial charge in [0, 0.05) is 16.5 Å². The first kappa shape index (κ1) is 21.9. The minimum Gasteiger partial charge on any atom is -0.488 e. The monoisotopic (exact) mass is 477 g/mol. The normalized spacial score (nSPS) is 11.4. The minimum absolute atomic E-state index is 0.306. The highest BCUT2D eigenvalue weighted by Crippen LogP contribution is 2.40. The molecule has 3 heterocycles. The average molecular weight is 478 g/mol. The van der Waals surface area contributed by atoms with Crippen LogP contribution in [0.4, 0.5) is 0 Å². The number of para-hydroxylation sites is 1. The largest absolute Gasteiger partial charge is 0.488 e. The Bertz CT molecular complexity index is 1760. The summed E-state index contributed by atoms with van der Waals surface area (Å²) in [7, 11) is 0. The van der Waals surface area contributed by atoms with Crippen molar-refractivity contribution in [2.45, 2.75) is 26.9 Å². The van der Waals surface area contributed by atoms with Crippen molar-refractivity contribution in [2.24, 2.45) is 0 Å². The van der Waals surface area contributed by atoms with Gasteiger partial charge in [-0.3, -0.25) is 9.51 Å². The van der Waals surface area contributed by atoms with Gasteiger partial charge in [-0.15, -0.1) is 0 Å². The fourth-order valence-corrected chi connectivity index (χ4v) is 4.57. The van der Waals surface area contributed by atoms with Gasteiger partial charge in [-0.1, -0.05) is 66.7 Å². The summed E-state index contributed by atoms with van der Waals surface area (Å²) in [5.74, 6) is 0.989. The number of H-pyrrole nitrogens is 1. The number of nitrogens with one attached hydrogen (secondary N) is 1. The number of furan rings is 1. The molecule has 36 heavy (non-hydrogen) atoms. The van der Waals surface area contributed by atoms with Crippen molar-refractivity contribution in [2.75, 3.05) is 0 Å². The van der Waals surface area contributed by atoms with Crippen molar-refractivity contribution >= 4 is 21.9 Å².